The molecule has 3 heteroatoms. The van der Waals surface area contributed by atoms with E-state index in [2.05, 4.69) is 18.8 Å². The van der Waals surface area contributed by atoms with Gasteiger partial charge in [0, 0.05) is 12.1 Å². The van der Waals surface area contributed by atoms with E-state index in [9.17, 15) is 8.78 Å². The number of benzene rings is 1. The first-order valence-corrected chi connectivity index (χ1v) is 6.42. The van der Waals surface area contributed by atoms with Crippen LogP contribution in [-0.2, 0) is 0 Å². The second kappa shape index (κ2) is 7.27. The van der Waals surface area contributed by atoms with Crippen molar-refractivity contribution in [3.63, 3.8) is 0 Å². The van der Waals surface area contributed by atoms with E-state index in [1.807, 2.05) is 6.92 Å². The van der Waals surface area contributed by atoms with E-state index in [4.69, 9.17) is 0 Å². The Morgan fingerprint density at radius 2 is 1.83 bits per heavy atom. The molecular weight excluding hydrogens is 232 g/mol. The highest BCUT2D eigenvalue weighted by molar-refractivity contribution is 5.23. The first kappa shape index (κ1) is 14.8. The van der Waals surface area contributed by atoms with Gasteiger partial charge in [0.05, 0.1) is 0 Å². The second-order valence-electron chi connectivity index (χ2n) is 4.52. The molecule has 0 amide bonds. The van der Waals surface area contributed by atoms with Crippen LogP contribution in [0.5, 0.6) is 0 Å². The van der Waals surface area contributed by atoms with Gasteiger partial charge in [0.25, 0.3) is 0 Å². The smallest absolute Gasteiger partial charge is 0.126 e. The van der Waals surface area contributed by atoms with E-state index >= 15 is 0 Å². The summed E-state index contributed by atoms with van der Waals surface area (Å²) in [5.74, 6) is -1.06. The third-order valence-electron chi connectivity index (χ3n) is 2.92. The fourth-order valence-corrected chi connectivity index (χ4v) is 1.84. The quantitative estimate of drug-likeness (QED) is 0.712. The van der Waals surface area contributed by atoms with Crippen LogP contribution in [0.1, 0.15) is 44.7 Å². The van der Waals surface area contributed by atoms with Crippen molar-refractivity contribution in [2.45, 2.75) is 39.2 Å². The SMILES string of the molecule is C=C(CC)CC(NCCC)c1cc(F)cc(F)c1. The van der Waals surface area contributed by atoms with Gasteiger partial charge in [-0.15, -0.1) is 0 Å². The van der Waals surface area contributed by atoms with Crippen molar-refractivity contribution in [2.24, 2.45) is 0 Å². The summed E-state index contributed by atoms with van der Waals surface area (Å²) in [5.41, 5.74) is 1.73. The van der Waals surface area contributed by atoms with Crippen molar-refractivity contribution in [3.05, 3.63) is 47.5 Å². The van der Waals surface area contributed by atoms with Crippen molar-refractivity contribution in [3.8, 4) is 0 Å². The van der Waals surface area contributed by atoms with Crippen LogP contribution < -0.4 is 5.32 Å². The van der Waals surface area contributed by atoms with Crippen LogP contribution in [0.2, 0.25) is 0 Å². The Labute approximate surface area is 108 Å². The Morgan fingerprint density at radius 1 is 1.22 bits per heavy atom. The maximum absolute atomic E-state index is 13.2. The molecule has 0 aliphatic rings. The fourth-order valence-electron chi connectivity index (χ4n) is 1.84. The second-order valence-corrected chi connectivity index (χ2v) is 4.52. The molecular formula is C15H21F2N. The Balaban J connectivity index is 2.89. The zero-order chi connectivity index (χ0) is 13.5. The third kappa shape index (κ3) is 4.57. The Bertz CT molecular complexity index is 381. The zero-order valence-corrected chi connectivity index (χ0v) is 11.1. The summed E-state index contributed by atoms with van der Waals surface area (Å²) >= 11 is 0. The molecule has 0 heterocycles. The number of hydrogen-bond donors (Lipinski definition) is 1. The zero-order valence-electron chi connectivity index (χ0n) is 11.1. The maximum Gasteiger partial charge on any atom is 0.126 e. The predicted molar refractivity (Wildman–Crippen MR) is 71.4 cm³/mol. The molecule has 0 aromatic heterocycles. The van der Waals surface area contributed by atoms with Crippen LogP contribution in [0.3, 0.4) is 0 Å². The van der Waals surface area contributed by atoms with Crippen molar-refractivity contribution in [2.75, 3.05) is 6.54 Å². The Hall–Kier alpha value is -1.22. The Kier molecular flexibility index (Phi) is 5.99. The van der Waals surface area contributed by atoms with Gasteiger partial charge in [-0.05, 0) is 43.5 Å². The average Bonchev–Trinajstić information content (AvgIpc) is 2.32. The molecule has 1 rings (SSSR count). The monoisotopic (exact) mass is 253 g/mol. The number of rotatable bonds is 7. The third-order valence-corrected chi connectivity index (χ3v) is 2.92. The molecule has 0 saturated heterocycles. The first-order valence-electron chi connectivity index (χ1n) is 6.42. The minimum Gasteiger partial charge on any atom is -0.310 e. The van der Waals surface area contributed by atoms with Gasteiger partial charge in [-0.1, -0.05) is 26.0 Å². The number of nitrogens with one attached hydrogen (secondary N) is 1. The molecule has 0 aliphatic heterocycles. The molecule has 100 valence electrons. The normalized spacial score (nSPS) is 12.4. The topological polar surface area (TPSA) is 12.0 Å². The van der Waals surface area contributed by atoms with Gasteiger partial charge in [0.1, 0.15) is 11.6 Å². The fraction of sp³-hybridized carbons (Fsp3) is 0.467. The number of hydrogen-bond acceptors (Lipinski definition) is 1. The molecule has 0 radical (unpaired) electrons. The lowest BCUT2D eigenvalue weighted by Gasteiger charge is -2.20. The minimum atomic E-state index is -0.532. The van der Waals surface area contributed by atoms with Gasteiger partial charge in [0.15, 0.2) is 0 Å². The lowest BCUT2D eigenvalue weighted by Crippen LogP contribution is -2.22. The van der Waals surface area contributed by atoms with Crippen LogP contribution in [0.15, 0.2) is 30.4 Å². The average molecular weight is 253 g/mol. The van der Waals surface area contributed by atoms with E-state index in [0.717, 1.165) is 31.0 Å². The summed E-state index contributed by atoms with van der Waals surface area (Å²) in [5, 5.41) is 3.31. The highest BCUT2D eigenvalue weighted by atomic mass is 19.1. The summed E-state index contributed by atoms with van der Waals surface area (Å²) in [6, 6.07) is 3.61. The molecule has 1 N–H and O–H groups in total. The first-order chi connectivity index (χ1) is 8.56. The summed E-state index contributed by atoms with van der Waals surface area (Å²) in [6.45, 7) is 8.88. The minimum absolute atomic E-state index is 0.0670. The van der Waals surface area contributed by atoms with E-state index in [1.165, 1.54) is 12.1 Å². The molecule has 18 heavy (non-hydrogen) atoms. The van der Waals surface area contributed by atoms with Crippen LogP contribution in [-0.4, -0.2) is 6.54 Å². The van der Waals surface area contributed by atoms with Crippen LogP contribution >= 0.6 is 0 Å². The summed E-state index contributed by atoms with van der Waals surface area (Å²) in [4.78, 5) is 0. The number of halogens is 2. The van der Waals surface area contributed by atoms with Gasteiger partial charge >= 0.3 is 0 Å². The largest absolute Gasteiger partial charge is 0.310 e. The van der Waals surface area contributed by atoms with E-state index < -0.39 is 11.6 Å². The summed E-state index contributed by atoms with van der Waals surface area (Å²) < 4.78 is 26.5. The molecule has 0 aliphatic carbocycles. The van der Waals surface area contributed by atoms with Gasteiger partial charge in [-0.2, -0.15) is 0 Å². The molecule has 0 spiro atoms. The molecule has 1 nitrogen and oxygen atoms in total. The highest BCUT2D eigenvalue weighted by Gasteiger charge is 2.13. The molecule has 0 bridgehead atoms. The van der Waals surface area contributed by atoms with Gasteiger partial charge in [-0.25, -0.2) is 8.78 Å². The molecule has 1 aromatic rings. The van der Waals surface area contributed by atoms with Crippen LogP contribution in [0, 0.1) is 11.6 Å². The molecule has 1 aromatic carbocycles. The van der Waals surface area contributed by atoms with Crippen molar-refractivity contribution in [1.82, 2.24) is 5.32 Å². The van der Waals surface area contributed by atoms with Gasteiger partial charge in [-0.3, -0.25) is 0 Å². The molecule has 1 atom stereocenters. The van der Waals surface area contributed by atoms with Crippen molar-refractivity contribution in [1.29, 1.82) is 0 Å². The lowest BCUT2D eigenvalue weighted by molar-refractivity contribution is 0.510. The molecule has 0 fully saturated rings. The van der Waals surface area contributed by atoms with Crippen LogP contribution in [0.25, 0.3) is 0 Å². The van der Waals surface area contributed by atoms with Crippen LogP contribution in [0.4, 0.5) is 8.78 Å². The molecule has 0 saturated carbocycles. The van der Waals surface area contributed by atoms with Gasteiger partial charge in [0.2, 0.25) is 0 Å². The van der Waals surface area contributed by atoms with Crippen molar-refractivity contribution >= 4 is 0 Å². The lowest BCUT2D eigenvalue weighted by atomic mass is 9.98. The maximum atomic E-state index is 13.2. The van der Waals surface area contributed by atoms with E-state index in [-0.39, 0.29) is 6.04 Å². The highest BCUT2D eigenvalue weighted by Crippen LogP contribution is 2.23. The van der Waals surface area contributed by atoms with Crippen molar-refractivity contribution < 1.29 is 8.78 Å². The summed E-state index contributed by atoms with van der Waals surface area (Å²) in [7, 11) is 0. The van der Waals surface area contributed by atoms with E-state index in [1.54, 1.807) is 0 Å². The Morgan fingerprint density at radius 3 is 2.33 bits per heavy atom. The standard InChI is InChI=1S/C15H21F2N/c1-4-6-18-15(7-11(3)5-2)12-8-13(16)10-14(17)9-12/h8-10,15,18H,3-7H2,1-2H3. The molecule has 1 unspecified atom stereocenters. The van der Waals surface area contributed by atoms with Gasteiger partial charge < -0.3 is 5.32 Å². The van der Waals surface area contributed by atoms with E-state index in [0.29, 0.717) is 12.0 Å². The summed E-state index contributed by atoms with van der Waals surface area (Å²) in [6.07, 6.45) is 2.56. The predicted octanol–water partition coefficient (Wildman–Crippen LogP) is 4.36.